The molecule has 0 unspecified atom stereocenters. The number of nitrogens with two attached hydrogens (primary N) is 1. The molecular formula is C11H15N3O. The molecule has 80 valence electrons. The van der Waals surface area contributed by atoms with Crippen molar-refractivity contribution in [2.75, 3.05) is 12.3 Å². The molecule has 4 nitrogen and oxygen atoms in total. The fraction of sp³-hybridized carbons (Fsp3) is 0.455. The summed E-state index contributed by atoms with van der Waals surface area (Å²) in [6.07, 6.45) is 6.42. The Morgan fingerprint density at radius 3 is 2.80 bits per heavy atom. The van der Waals surface area contributed by atoms with E-state index < -0.39 is 0 Å². The second-order valence-electron chi connectivity index (χ2n) is 3.11. The Bertz CT molecular complexity index is 382. The first-order valence-electron chi connectivity index (χ1n) is 4.88. The molecular weight excluding hydrogens is 190 g/mol. The smallest absolute Gasteiger partial charge is 0.221 e. The second kappa shape index (κ2) is 5.20. The summed E-state index contributed by atoms with van der Waals surface area (Å²) >= 11 is 0. The highest BCUT2D eigenvalue weighted by atomic mass is 16.5. The van der Waals surface area contributed by atoms with Crippen LogP contribution in [-0.4, -0.2) is 16.6 Å². The molecule has 1 rings (SSSR count). The van der Waals surface area contributed by atoms with Crippen molar-refractivity contribution in [3.05, 3.63) is 11.4 Å². The molecule has 0 spiro atoms. The van der Waals surface area contributed by atoms with E-state index in [1.165, 1.54) is 0 Å². The maximum atomic E-state index is 5.73. The van der Waals surface area contributed by atoms with E-state index in [0.29, 0.717) is 30.5 Å². The molecule has 0 aliphatic rings. The average Bonchev–Trinajstić information content (AvgIpc) is 2.24. The monoisotopic (exact) mass is 205 g/mol. The van der Waals surface area contributed by atoms with Crippen LogP contribution in [0.3, 0.4) is 0 Å². The van der Waals surface area contributed by atoms with E-state index in [2.05, 4.69) is 15.9 Å². The zero-order chi connectivity index (χ0) is 11.3. The zero-order valence-corrected chi connectivity index (χ0v) is 9.08. The molecule has 0 aliphatic heterocycles. The number of hydrogen-bond donors (Lipinski definition) is 1. The normalized spacial score (nSPS) is 9.67. The maximum Gasteiger partial charge on any atom is 0.221 e. The molecule has 0 saturated heterocycles. The Hall–Kier alpha value is -1.76. The molecule has 0 atom stereocenters. The number of anilines is 1. The van der Waals surface area contributed by atoms with Crippen LogP contribution >= 0.6 is 0 Å². The van der Waals surface area contributed by atoms with Crippen molar-refractivity contribution in [2.24, 2.45) is 0 Å². The van der Waals surface area contributed by atoms with Gasteiger partial charge in [-0.05, 0) is 6.92 Å². The highest BCUT2D eigenvalue weighted by Gasteiger charge is 2.08. The number of nitrogens with zero attached hydrogens (tertiary/aromatic N) is 2. The number of ether oxygens (including phenoxy) is 1. The van der Waals surface area contributed by atoms with Gasteiger partial charge in [-0.3, -0.25) is 0 Å². The molecule has 0 aromatic carbocycles. The van der Waals surface area contributed by atoms with E-state index in [1.807, 2.05) is 13.8 Å². The number of nitrogen functional groups attached to an aromatic ring is 1. The molecule has 4 heteroatoms. The summed E-state index contributed by atoms with van der Waals surface area (Å²) in [7, 11) is 0. The highest BCUT2D eigenvalue weighted by Crippen LogP contribution is 2.19. The zero-order valence-electron chi connectivity index (χ0n) is 9.08. The minimum atomic E-state index is 0.455. The summed E-state index contributed by atoms with van der Waals surface area (Å²) in [6.45, 7) is 4.26. The number of terminal acetylenes is 1. The standard InChI is InChI=1S/C11H15N3O/c1-4-6-7-15-11-8(3)10(12)13-9(5-2)14-11/h1H,5-7H2,2-3H3,(H2,12,13,14). The predicted octanol–water partition coefficient (Wildman–Crippen LogP) is 1.33. The first kappa shape index (κ1) is 11.3. The molecule has 0 amide bonds. The summed E-state index contributed by atoms with van der Waals surface area (Å²) in [6, 6.07) is 0. The Kier molecular flexibility index (Phi) is 3.92. The van der Waals surface area contributed by atoms with E-state index in [-0.39, 0.29) is 0 Å². The van der Waals surface area contributed by atoms with Gasteiger partial charge in [0.2, 0.25) is 5.88 Å². The fourth-order valence-corrected chi connectivity index (χ4v) is 1.06. The van der Waals surface area contributed by atoms with Crippen LogP contribution < -0.4 is 10.5 Å². The van der Waals surface area contributed by atoms with Crippen LogP contribution in [0, 0.1) is 19.3 Å². The van der Waals surface area contributed by atoms with Crippen LogP contribution in [0.25, 0.3) is 0 Å². The molecule has 1 heterocycles. The second-order valence-corrected chi connectivity index (χ2v) is 3.11. The summed E-state index contributed by atoms with van der Waals surface area (Å²) in [4.78, 5) is 8.37. The van der Waals surface area contributed by atoms with Crippen molar-refractivity contribution < 1.29 is 4.74 Å². The van der Waals surface area contributed by atoms with Gasteiger partial charge in [0, 0.05) is 12.8 Å². The topological polar surface area (TPSA) is 61.0 Å². The Morgan fingerprint density at radius 1 is 1.47 bits per heavy atom. The third-order valence-corrected chi connectivity index (χ3v) is 1.99. The van der Waals surface area contributed by atoms with Crippen molar-refractivity contribution >= 4 is 5.82 Å². The number of aryl methyl sites for hydroxylation is 1. The molecule has 0 bridgehead atoms. The average molecular weight is 205 g/mol. The number of aromatic nitrogens is 2. The van der Waals surface area contributed by atoms with E-state index in [1.54, 1.807) is 0 Å². The van der Waals surface area contributed by atoms with Gasteiger partial charge in [-0.1, -0.05) is 6.92 Å². The third-order valence-electron chi connectivity index (χ3n) is 1.99. The van der Waals surface area contributed by atoms with Crippen molar-refractivity contribution in [2.45, 2.75) is 26.7 Å². The van der Waals surface area contributed by atoms with Gasteiger partial charge in [-0.2, -0.15) is 4.98 Å². The largest absolute Gasteiger partial charge is 0.476 e. The first-order valence-corrected chi connectivity index (χ1v) is 4.88. The maximum absolute atomic E-state index is 5.73. The predicted molar refractivity (Wildman–Crippen MR) is 59.5 cm³/mol. The first-order chi connectivity index (χ1) is 7.19. The van der Waals surface area contributed by atoms with E-state index in [9.17, 15) is 0 Å². The van der Waals surface area contributed by atoms with Crippen molar-refractivity contribution in [3.63, 3.8) is 0 Å². The Balaban J connectivity index is 2.86. The van der Waals surface area contributed by atoms with Gasteiger partial charge >= 0.3 is 0 Å². The van der Waals surface area contributed by atoms with Gasteiger partial charge in [0.25, 0.3) is 0 Å². The van der Waals surface area contributed by atoms with E-state index in [0.717, 1.165) is 12.0 Å². The van der Waals surface area contributed by atoms with Crippen LogP contribution in [0.1, 0.15) is 24.7 Å². The summed E-state index contributed by atoms with van der Waals surface area (Å²) in [5, 5.41) is 0. The fourth-order valence-electron chi connectivity index (χ4n) is 1.06. The lowest BCUT2D eigenvalue weighted by Gasteiger charge is -2.09. The quantitative estimate of drug-likeness (QED) is 0.595. The molecule has 0 fully saturated rings. The van der Waals surface area contributed by atoms with Gasteiger partial charge in [0.15, 0.2) is 0 Å². The van der Waals surface area contributed by atoms with Crippen molar-refractivity contribution in [3.8, 4) is 18.2 Å². The molecule has 1 aromatic rings. The Labute approximate surface area is 89.9 Å². The van der Waals surface area contributed by atoms with Gasteiger partial charge < -0.3 is 10.5 Å². The van der Waals surface area contributed by atoms with Crippen molar-refractivity contribution in [1.82, 2.24) is 9.97 Å². The van der Waals surface area contributed by atoms with Crippen molar-refractivity contribution in [1.29, 1.82) is 0 Å². The highest BCUT2D eigenvalue weighted by molar-refractivity contribution is 5.44. The summed E-state index contributed by atoms with van der Waals surface area (Å²) in [5.41, 5.74) is 6.50. The molecule has 15 heavy (non-hydrogen) atoms. The van der Waals surface area contributed by atoms with Gasteiger partial charge in [0.05, 0.1) is 5.56 Å². The van der Waals surface area contributed by atoms with Crippen LogP contribution in [0.2, 0.25) is 0 Å². The van der Waals surface area contributed by atoms with Gasteiger partial charge in [-0.15, -0.1) is 12.3 Å². The molecule has 0 radical (unpaired) electrons. The summed E-state index contributed by atoms with van der Waals surface area (Å²) < 4.78 is 5.43. The number of rotatable bonds is 4. The number of hydrogen-bond acceptors (Lipinski definition) is 4. The molecule has 0 saturated carbocycles. The minimum absolute atomic E-state index is 0.455. The third kappa shape index (κ3) is 2.84. The van der Waals surface area contributed by atoms with Crippen LogP contribution in [-0.2, 0) is 6.42 Å². The minimum Gasteiger partial charge on any atom is -0.476 e. The summed E-state index contributed by atoms with van der Waals surface area (Å²) in [5.74, 6) is 4.20. The molecule has 2 N–H and O–H groups in total. The van der Waals surface area contributed by atoms with Gasteiger partial charge in [0.1, 0.15) is 18.2 Å². The lowest BCUT2D eigenvalue weighted by Crippen LogP contribution is -2.07. The molecule has 0 aliphatic carbocycles. The lowest BCUT2D eigenvalue weighted by atomic mass is 10.3. The van der Waals surface area contributed by atoms with Crippen LogP contribution in [0.4, 0.5) is 5.82 Å². The van der Waals surface area contributed by atoms with E-state index >= 15 is 0 Å². The SMILES string of the molecule is C#CCCOc1nc(CC)nc(N)c1C. The van der Waals surface area contributed by atoms with Crippen LogP contribution in [0.5, 0.6) is 5.88 Å². The van der Waals surface area contributed by atoms with Gasteiger partial charge in [-0.25, -0.2) is 4.98 Å². The molecule has 1 aromatic heterocycles. The Morgan fingerprint density at radius 2 is 2.20 bits per heavy atom. The van der Waals surface area contributed by atoms with Crippen LogP contribution in [0.15, 0.2) is 0 Å². The lowest BCUT2D eigenvalue weighted by molar-refractivity contribution is 0.310. The van der Waals surface area contributed by atoms with E-state index in [4.69, 9.17) is 16.9 Å².